The standard InChI is InChI=1S/C31H36O4/c1-30-18-27(21-5-3-20(4-6-21)23-12-16-35-19-23)29-25-10-8-24(33)17-22(25)7-9-26(29)28(30)11-14-31(30,34)13-2-15-32/h3-6,11-12,14,16-17,19,25-29,32,34H,2,7-10,13,15,18H2,1H3/t25-,26-,27+,28+,29+,30-,31+/m0/s1. The second-order valence-electron chi connectivity index (χ2n) is 11.6. The van der Waals surface area contributed by atoms with Crippen molar-refractivity contribution < 1.29 is 19.4 Å². The van der Waals surface area contributed by atoms with Gasteiger partial charge in [0.25, 0.3) is 0 Å². The van der Waals surface area contributed by atoms with Gasteiger partial charge in [-0.05, 0) is 91.4 Å². The van der Waals surface area contributed by atoms with Crippen molar-refractivity contribution in [1.29, 1.82) is 0 Å². The summed E-state index contributed by atoms with van der Waals surface area (Å²) in [6, 6.07) is 10.9. The molecule has 0 radical (unpaired) electrons. The van der Waals surface area contributed by atoms with Gasteiger partial charge >= 0.3 is 0 Å². The lowest BCUT2D eigenvalue weighted by atomic mass is 9.46. The topological polar surface area (TPSA) is 70.7 Å². The predicted octanol–water partition coefficient (Wildman–Crippen LogP) is 6.06. The Morgan fingerprint density at radius 2 is 1.89 bits per heavy atom. The average Bonchev–Trinajstić information content (AvgIpc) is 3.49. The molecule has 0 amide bonds. The van der Waals surface area contributed by atoms with Gasteiger partial charge in [0.1, 0.15) is 0 Å². The molecular formula is C31H36O4. The molecule has 0 aliphatic heterocycles. The van der Waals surface area contributed by atoms with Crippen molar-refractivity contribution in [2.24, 2.45) is 29.1 Å². The van der Waals surface area contributed by atoms with Crippen LogP contribution in [-0.2, 0) is 4.79 Å². The van der Waals surface area contributed by atoms with E-state index in [1.165, 1.54) is 11.1 Å². The molecule has 7 atom stereocenters. The van der Waals surface area contributed by atoms with E-state index in [9.17, 15) is 15.0 Å². The van der Waals surface area contributed by atoms with E-state index >= 15 is 0 Å². The summed E-state index contributed by atoms with van der Waals surface area (Å²) in [5.41, 5.74) is 3.78. The fourth-order valence-corrected chi connectivity index (χ4v) is 8.27. The second-order valence-corrected chi connectivity index (χ2v) is 11.6. The average molecular weight is 473 g/mol. The molecule has 2 saturated carbocycles. The molecule has 6 rings (SSSR count). The van der Waals surface area contributed by atoms with Gasteiger partial charge in [0.15, 0.2) is 5.78 Å². The molecule has 0 unspecified atom stereocenters. The molecule has 1 aromatic heterocycles. The van der Waals surface area contributed by atoms with Crippen LogP contribution in [-0.4, -0.2) is 28.2 Å². The Labute approximate surface area is 207 Å². The van der Waals surface area contributed by atoms with Gasteiger partial charge in [-0.2, -0.15) is 0 Å². The number of allylic oxidation sites excluding steroid dienone is 3. The number of furan rings is 1. The highest BCUT2D eigenvalue weighted by molar-refractivity contribution is 5.91. The maximum atomic E-state index is 12.2. The van der Waals surface area contributed by atoms with Gasteiger partial charge in [0.05, 0.1) is 18.1 Å². The first kappa shape index (κ1) is 23.0. The van der Waals surface area contributed by atoms with Gasteiger partial charge in [0, 0.05) is 24.0 Å². The maximum absolute atomic E-state index is 12.2. The number of rotatable bonds is 5. The van der Waals surface area contributed by atoms with E-state index in [-0.39, 0.29) is 17.8 Å². The van der Waals surface area contributed by atoms with E-state index in [0.29, 0.717) is 48.9 Å². The zero-order valence-corrected chi connectivity index (χ0v) is 20.5. The van der Waals surface area contributed by atoms with E-state index in [0.717, 1.165) is 36.8 Å². The van der Waals surface area contributed by atoms with Gasteiger partial charge in [-0.25, -0.2) is 0 Å². The lowest BCUT2D eigenvalue weighted by molar-refractivity contribution is -0.121. The number of carbonyl (C=O) groups excluding carboxylic acids is 1. The zero-order chi connectivity index (χ0) is 24.2. The fraction of sp³-hybridized carbons (Fsp3) is 0.516. The van der Waals surface area contributed by atoms with E-state index in [2.05, 4.69) is 43.3 Å². The van der Waals surface area contributed by atoms with E-state index < -0.39 is 5.60 Å². The molecule has 0 saturated heterocycles. The number of hydrogen-bond donors (Lipinski definition) is 2. The molecule has 4 aliphatic rings. The number of carbonyl (C=O) groups is 1. The first-order chi connectivity index (χ1) is 16.9. The summed E-state index contributed by atoms with van der Waals surface area (Å²) in [7, 11) is 0. The molecule has 184 valence electrons. The Morgan fingerprint density at radius 3 is 2.63 bits per heavy atom. The Morgan fingerprint density at radius 1 is 1.06 bits per heavy atom. The SMILES string of the molecule is C[C@]12C[C@H](c3ccc(-c4ccoc4)cc3)[C@H]3[C@@H](CCC4=CC(=O)CC[C@@H]43)[C@H]1C=C[C@]2(O)CCCO. The van der Waals surface area contributed by atoms with E-state index in [1.807, 2.05) is 12.1 Å². The molecule has 0 spiro atoms. The van der Waals surface area contributed by atoms with Crippen LogP contribution < -0.4 is 0 Å². The number of aliphatic hydroxyl groups is 2. The summed E-state index contributed by atoms with van der Waals surface area (Å²) in [4.78, 5) is 12.2. The Hall–Kier alpha value is -2.43. The highest BCUT2D eigenvalue weighted by atomic mass is 16.3. The van der Waals surface area contributed by atoms with Crippen molar-refractivity contribution in [2.45, 2.75) is 63.4 Å². The van der Waals surface area contributed by atoms with Crippen LogP contribution in [0.5, 0.6) is 0 Å². The summed E-state index contributed by atoms with van der Waals surface area (Å²) in [5.74, 6) is 2.36. The van der Waals surface area contributed by atoms with Crippen molar-refractivity contribution in [3.05, 3.63) is 72.2 Å². The van der Waals surface area contributed by atoms with E-state index in [1.54, 1.807) is 12.5 Å². The first-order valence-electron chi connectivity index (χ1n) is 13.3. The number of hydrogen-bond acceptors (Lipinski definition) is 4. The maximum Gasteiger partial charge on any atom is 0.155 e. The van der Waals surface area contributed by atoms with Crippen molar-refractivity contribution in [3.63, 3.8) is 0 Å². The molecule has 1 heterocycles. The van der Waals surface area contributed by atoms with Crippen LogP contribution in [0.1, 0.15) is 63.4 Å². The second kappa shape index (κ2) is 8.60. The molecule has 1 aromatic carbocycles. The quantitative estimate of drug-likeness (QED) is 0.519. The minimum Gasteiger partial charge on any atom is -0.472 e. The van der Waals surface area contributed by atoms with Gasteiger partial charge in [0.2, 0.25) is 0 Å². The number of fused-ring (bicyclic) bond motifs is 5. The molecule has 35 heavy (non-hydrogen) atoms. The van der Waals surface area contributed by atoms with Crippen LogP contribution in [0.4, 0.5) is 0 Å². The largest absolute Gasteiger partial charge is 0.472 e. The molecule has 4 heteroatoms. The molecule has 0 bridgehead atoms. The lowest BCUT2D eigenvalue weighted by Crippen LogP contribution is -2.55. The fourth-order valence-electron chi connectivity index (χ4n) is 8.27. The summed E-state index contributed by atoms with van der Waals surface area (Å²) in [6.07, 6.45) is 15.6. The zero-order valence-electron chi connectivity index (χ0n) is 20.5. The molecule has 2 aromatic rings. The van der Waals surface area contributed by atoms with Gasteiger partial charge in [-0.15, -0.1) is 0 Å². The third-order valence-corrected chi connectivity index (χ3v) is 10.0. The Bertz CT molecular complexity index is 1140. The molecule has 4 aliphatic carbocycles. The van der Waals surface area contributed by atoms with Crippen LogP contribution in [0.3, 0.4) is 0 Å². The van der Waals surface area contributed by atoms with Crippen molar-refractivity contribution >= 4 is 5.78 Å². The van der Waals surface area contributed by atoms with Crippen LogP contribution in [0.15, 0.2) is 71.1 Å². The van der Waals surface area contributed by atoms with Crippen LogP contribution in [0.2, 0.25) is 0 Å². The first-order valence-corrected chi connectivity index (χ1v) is 13.3. The van der Waals surface area contributed by atoms with Gasteiger partial charge < -0.3 is 14.6 Å². The summed E-state index contributed by atoms with van der Waals surface area (Å²) in [6.45, 7) is 2.39. The van der Waals surface area contributed by atoms with Crippen LogP contribution >= 0.6 is 0 Å². The van der Waals surface area contributed by atoms with E-state index in [4.69, 9.17) is 4.42 Å². The van der Waals surface area contributed by atoms with Gasteiger partial charge in [-0.1, -0.05) is 48.9 Å². The molecular weight excluding hydrogens is 436 g/mol. The highest BCUT2D eigenvalue weighted by Crippen LogP contribution is 2.66. The minimum absolute atomic E-state index is 0.103. The van der Waals surface area contributed by atoms with Crippen molar-refractivity contribution in [2.75, 3.05) is 6.61 Å². The molecule has 2 N–H and O–H groups in total. The number of benzene rings is 1. The van der Waals surface area contributed by atoms with Crippen LogP contribution in [0, 0.1) is 29.1 Å². The molecule has 4 nitrogen and oxygen atoms in total. The summed E-state index contributed by atoms with van der Waals surface area (Å²) in [5, 5.41) is 21.4. The third kappa shape index (κ3) is 3.60. The predicted molar refractivity (Wildman–Crippen MR) is 136 cm³/mol. The van der Waals surface area contributed by atoms with Crippen molar-refractivity contribution in [3.8, 4) is 11.1 Å². The minimum atomic E-state index is -0.890. The molecule has 2 fully saturated rings. The number of aliphatic hydroxyl groups excluding tert-OH is 1. The monoisotopic (exact) mass is 472 g/mol. The normalized spacial score (nSPS) is 38.0. The lowest BCUT2D eigenvalue weighted by Gasteiger charge is -2.59. The van der Waals surface area contributed by atoms with Crippen LogP contribution in [0.25, 0.3) is 11.1 Å². The Kier molecular flexibility index (Phi) is 5.65. The third-order valence-electron chi connectivity index (χ3n) is 10.0. The Balaban J connectivity index is 1.41. The van der Waals surface area contributed by atoms with Crippen molar-refractivity contribution in [1.82, 2.24) is 0 Å². The smallest absolute Gasteiger partial charge is 0.155 e. The highest BCUT2D eigenvalue weighted by Gasteiger charge is 2.62. The summed E-state index contributed by atoms with van der Waals surface area (Å²) < 4.78 is 5.28. The number of ketones is 1. The summed E-state index contributed by atoms with van der Waals surface area (Å²) >= 11 is 0. The van der Waals surface area contributed by atoms with Gasteiger partial charge in [-0.3, -0.25) is 4.79 Å².